The molecule has 3 heterocycles. The van der Waals surface area contributed by atoms with Gasteiger partial charge in [0.1, 0.15) is 0 Å². The van der Waals surface area contributed by atoms with Crippen LogP contribution < -0.4 is 0 Å². The average Bonchev–Trinajstić information content (AvgIpc) is 3.22. The molecule has 1 aromatic heterocycles. The molecule has 166 valence electrons. The molecular formula is C26H31N5O. The summed E-state index contributed by atoms with van der Waals surface area (Å²) < 4.78 is 2.02. The van der Waals surface area contributed by atoms with Gasteiger partial charge in [0.15, 0.2) is 0 Å². The van der Waals surface area contributed by atoms with Crippen LogP contribution in [-0.2, 0) is 17.8 Å². The van der Waals surface area contributed by atoms with Crippen LogP contribution in [-0.4, -0.2) is 75.7 Å². The molecule has 2 aromatic carbocycles. The molecule has 0 radical (unpaired) electrons. The standard InChI is InChI=1S/C26H31N5O/c32-26(30-14-12-29(13-15-30)23-5-3-6-23)19-28-11-10-20-16-24(9-8-22(20)18-28)31-25-7-2-1-4-21(25)17-27-31/h1-2,4,7-9,16-17,23H,3,5-6,10-15,18-19H2. The van der Waals surface area contributed by atoms with Gasteiger partial charge in [0.05, 0.1) is 23.9 Å². The molecule has 3 aromatic rings. The summed E-state index contributed by atoms with van der Waals surface area (Å²) in [6, 6.07) is 15.7. The summed E-state index contributed by atoms with van der Waals surface area (Å²) in [6.07, 6.45) is 6.97. The van der Waals surface area contributed by atoms with E-state index in [4.69, 9.17) is 0 Å². The maximum atomic E-state index is 12.9. The molecule has 32 heavy (non-hydrogen) atoms. The van der Waals surface area contributed by atoms with E-state index < -0.39 is 0 Å². The summed E-state index contributed by atoms with van der Waals surface area (Å²) >= 11 is 0. The maximum absolute atomic E-state index is 12.9. The summed E-state index contributed by atoms with van der Waals surface area (Å²) in [7, 11) is 0. The molecule has 1 saturated heterocycles. The molecule has 6 rings (SSSR count). The Balaban J connectivity index is 1.09. The molecule has 0 N–H and O–H groups in total. The zero-order valence-electron chi connectivity index (χ0n) is 18.6. The molecule has 6 nitrogen and oxygen atoms in total. The van der Waals surface area contributed by atoms with Gasteiger partial charge in [0.2, 0.25) is 5.91 Å². The monoisotopic (exact) mass is 429 g/mol. The average molecular weight is 430 g/mol. The van der Waals surface area contributed by atoms with E-state index in [0.29, 0.717) is 12.5 Å². The van der Waals surface area contributed by atoms with Gasteiger partial charge in [0, 0.05) is 50.7 Å². The van der Waals surface area contributed by atoms with Crippen LogP contribution in [0.3, 0.4) is 0 Å². The summed E-state index contributed by atoms with van der Waals surface area (Å²) in [5.74, 6) is 0.293. The first kappa shape index (κ1) is 19.9. The van der Waals surface area contributed by atoms with E-state index in [9.17, 15) is 4.79 Å². The van der Waals surface area contributed by atoms with Gasteiger partial charge in [-0.1, -0.05) is 30.7 Å². The number of aromatic nitrogens is 2. The smallest absolute Gasteiger partial charge is 0.236 e. The van der Waals surface area contributed by atoms with Crippen molar-refractivity contribution in [2.24, 2.45) is 0 Å². The van der Waals surface area contributed by atoms with Crippen molar-refractivity contribution >= 4 is 16.8 Å². The van der Waals surface area contributed by atoms with Crippen molar-refractivity contribution in [2.75, 3.05) is 39.3 Å². The topological polar surface area (TPSA) is 44.6 Å². The van der Waals surface area contributed by atoms with Gasteiger partial charge >= 0.3 is 0 Å². The number of para-hydroxylation sites is 1. The molecule has 2 aliphatic heterocycles. The highest BCUT2D eigenvalue weighted by Gasteiger charge is 2.30. The number of hydrogen-bond donors (Lipinski definition) is 0. The third kappa shape index (κ3) is 3.71. The lowest BCUT2D eigenvalue weighted by Crippen LogP contribution is -2.55. The SMILES string of the molecule is O=C(CN1CCc2cc(-n3ncc4ccccc43)ccc2C1)N1CCN(C2CCC2)CC1. The molecule has 0 unspecified atom stereocenters. The first-order chi connectivity index (χ1) is 15.7. The van der Waals surface area contributed by atoms with Crippen molar-refractivity contribution in [3.8, 4) is 5.69 Å². The quantitative estimate of drug-likeness (QED) is 0.639. The molecule has 0 atom stereocenters. The third-order valence-electron chi connectivity index (χ3n) is 7.62. The van der Waals surface area contributed by atoms with Gasteiger partial charge in [0.25, 0.3) is 0 Å². The zero-order valence-corrected chi connectivity index (χ0v) is 18.6. The Morgan fingerprint density at radius 1 is 0.969 bits per heavy atom. The predicted octanol–water partition coefficient (Wildman–Crippen LogP) is 3.08. The molecule has 1 amide bonds. The number of piperazine rings is 1. The van der Waals surface area contributed by atoms with Crippen molar-refractivity contribution in [1.82, 2.24) is 24.5 Å². The zero-order chi connectivity index (χ0) is 21.5. The van der Waals surface area contributed by atoms with Crippen LogP contribution >= 0.6 is 0 Å². The highest BCUT2D eigenvalue weighted by Crippen LogP contribution is 2.26. The molecular weight excluding hydrogens is 398 g/mol. The summed E-state index contributed by atoms with van der Waals surface area (Å²) in [6.45, 7) is 6.19. The summed E-state index contributed by atoms with van der Waals surface area (Å²) in [4.78, 5) is 19.9. The fourth-order valence-electron chi connectivity index (χ4n) is 5.42. The van der Waals surface area contributed by atoms with Crippen LogP contribution in [0.4, 0.5) is 0 Å². The minimum atomic E-state index is 0.293. The normalized spacial score (nSPS) is 20.3. The number of amides is 1. The van der Waals surface area contributed by atoms with Crippen molar-refractivity contribution in [1.29, 1.82) is 0 Å². The second-order valence-electron chi connectivity index (χ2n) is 9.53. The Kier molecular flexibility index (Phi) is 5.20. The lowest BCUT2D eigenvalue weighted by atomic mass is 9.91. The number of carbonyl (C=O) groups excluding carboxylic acids is 1. The van der Waals surface area contributed by atoms with Crippen molar-refractivity contribution in [3.63, 3.8) is 0 Å². The van der Waals surface area contributed by atoms with Crippen LogP contribution in [0.5, 0.6) is 0 Å². The van der Waals surface area contributed by atoms with Crippen LogP contribution in [0.25, 0.3) is 16.6 Å². The Labute approximate surface area is 189 Å². The fraction of sp³-hybridized carbons (Fsp3) is 0.462. The van der Waals surface area contributed by atoms with E-state index in [0.717, 1.165) is 68.3 Å². The van der Waals surface area contributed by atoms with E-state index in [-0.39, 0.29) is 0 Å². The molecule has 1 saturated carbocycles. The Morgan fingerprint density at radius 2 is 1.81 bits per heavy atom. The van der Waals surface area contributed by atoms with Crippen molar-refractivity contribution in [2.45, 2.75) is 38.3 Å². The van der Waals surface area contributed by atoms with Crippen molar-refractivity contribution in [3.05, 3.63) is 59.8 Å². The Bertz CT molecular complexity index is 1130. The van der Waals surface area contributed by atoms with Crippen LogP contribution in [0.1, 0.15) is 30.4 Å². The Hall–Kier alpha value is -2.70. The minimum absolute atomic E-state index is 0.293. The number of carbonyl (C=O) groups is 1. The first-order valence-corrected chi connectivity index (χ1v) is 12.0. The molecule has 0 spiro atoms. The number of nitrogens with zero attached hydrogens (tertiary/aromatic N) is 5. The van der Waals surface area contributed by atoms with E-state index in [1.54, 1.807) is 0 Å². The number of fused-ring (bicyclic) bond motifs is 2. The molecule has 3 aliphatic rings. The van der Waals surface area contributed by atoms with Gasteiger partial charge in [-0.15, -0.1) is 0 Å². The number of rotatable bonds is 4. The minimum Gasteiger partial charge on any atom is -0.339 e. The van der Waals surface area contributed by atoms with Gasteiger partial charge in [-0.3, -0.25) is 14.6 Å². The second-order valence-corrected chi connectivity index (χ2v) is 9.53. The first-order valence-electron chi connectivity index (χ1n) is 12.0. The molecule has 1 aliphatic carbocycles. The largest absolute Gasteiger partial charge is 0.339 e. The van der Waals surface area contributed by atoms with E-state index in [1.165, 1.54) is 30.4 Å². The van der Waals surface area contributed by atoms with E-state index in [1.807, 2.05) is 16.9 Å². The third-order valence-corrected chi connectivity index (χ3v) is 7.62. The fourth-order valence-corrected chi connectivity index (χ4v) is 5.42. The lowest BCUT2D eigenvalue weighted by Gasteiger charge is -2.43. The van der Waals surface area contributed by atoms with Crippen molar-refractivity contribution < 1.29 is 4.79 Å². The van der Waals surface area contributed by atoms with Crippen LogP contribution in [0, 0.1) is 0 Å². The van der Waals surface area contributed by atoms with E-state index in [2.05, 4.69) is 56.2 Å². The highest BCUT2D eigenvalue weighted by molar-refractivity contribution is 5.80. The van der Waals surface area contributed by atoms with Crippen LogP contribution in [0.15, 0.2) is 48.7 Å². The Morgan fingerprint density at radius 3 is 2.62 bits per heavy atom. The van der Waals surface area contributed by atoms with E-state index >= 15 is 0 Å². The van der Waals surface area contributed by atoms with Gasteiger partial charge in [-0.05, 0) is 48.6 Å². The van der Waals surface area contributed by atoms with Gasteiger partial charge < -0.3 is 4.90 Å². The number of hydrogen-bond acceptors (Lipinski definition) is 4. The predicted molar refractivity (Wildman–Crippen MR) is 126 cm³/mol. The van der Waals surface area contributed by atoms with Crippen LogP contribution in [0.2, 0.25) is 0 Å². The van der Waals surface area contributed by atoms with Gasteiger partial charge in [-0.2, -0.15) is 5.10 Å². The highest BCUT2D eigenvalue weighted by atomic mass is 16.2. The summed E-state index contributed by atoms with van der Waals surface area (Å²) in [5, 5.41) is 5.75. The lowest BCUT2D eigenvalue weighted by molar-refractivity contribution is -0.135. The molecule has 0 bridgehead atoms. The number of benzene rings is 2. The molecule has 6 heteroatoms. The second kappa shape index (κ2) is 8.34. The summed E-state index contributed by atoms with van der Waals surface area (Å²) in [5.41, 5.74) is 4.95. The maximum Gasteiger partial charge on any atom is 0.236 e. The van der Waals surface area contributed by atoms with Gasteiger partial charge in [-0.25, -0.2) is 4.68 Å². The molecule has 2 fully saturated rings.